The van der Waals surface area contributed by atoms with Crippen LogP contribution >= 0.6 is 0 Å². The Balaban J connectivity index is 0.00000141. The molecular weight excluding hydrogens is 432 g/mol. The molecule has 0 aliphatic heterocycles. The Bertz CT molecular complexity index is 1080. The molecule has 8 atom stereocenters. The van der Waals surface area contributed by atoms with Crippen molar-refractivity contribution in [1.29, 1.82) is 10.5 Å². The second-order valence-corrected chi connectivity index (χ2v) is 13.0. The quantitative estimate of drug-likeness (QED) is 0.379. The van der Waals surface area contributed by atoms with Gasteiger partial charge in [0, 0.05) is 17.3 Å². The Morgan fingerprint density at radius 2 is 1.57 bits per heavy atom. The average Bonchev–Trinajstić information content (AvgIpc) is 2.83. The van der Waals surface area contributed by atoms with Gasteiger partial charge in [-0.1, -0.05) is 60.1 Å². The summed E-state index contributed by atoms with van der Waals surface area (Å²) >= 11 is 0. The standard InChI is InChI=1S/C29H36N2O2.C2H6/c1-17-19-6-8-27(4)20-7-9-29(16-31)11-10-26(2,3)14-21(29)24(20)22(32)12-23(27)28(19,5)13-18(15-30)25(17)33;1-2/h12-13,17,19-21,24H,6-11,14H2,1-5H3;1-2H3. The van der Waals surface area contributed by atoms with E-state index in [1.807, 2.05) is 32.9 Å². The smallest absolute Gasteiger partial charge is 0.176 e. The maximum Gasteiger partial charge on any atom is 0.176 e. The van der Waals surface area contributed by atoms with Crippen LogP contribution in [0.1, 0.15) is 93.4 Å². The molecule has 0 aromatic rings. The number of allylic oxidation sites excluding steroid dienone is 4. The van der Waals surface area contributed by atoms with Crippen molar-refractivity contribution in [3.63, 3.8) is 0 Å². The topological polar surface area (TPSA) is 81.7 Å². The number of carbonyl (C=O) groups excluding carboxylic acids is 2. The third kappa shape index (κ3) is 3.50. The molecule has 35 heavy (non-hydrogen) atoms. The molecule has 4 nitrogen and oxygen atoms in total. The van der Waals surface area contributed by atoms with E-state index in [9.17, 15) is 20.1 Å². The Hall–Kier alpha value is -2.20. The molecule has 0 spiro atoms. The molecule has 0 amide bonds. The van der Waals surface area contributed by atoms with Crippen molar-refractivity contribution in [3.8, 4) is 12.1 Å². The van der Waals surface area contributed by atoms with E-state index in [1.54, 1.807) is 0 Å². The molecule has 3 fully saturated rings. The fraction of sp³-hybridized carbons (Fsp3) is 0.742. The summed E-state index contributed by atoms with van der Waals surface area (Å²) in [6.07, 6.45) is 10.4. The number of ketones is 2. The van der Waals surface area contributed by atoms with Gasteiger partial charge in [-0.25, -0.2) is 0 Å². The first-order chi connectivity index (χ1) is 16.4. The van der Waals surface area contributed by atoms with Gasteiger partial charge in [-0.15, -0.1) is 0 Å². The zero-order valence-electron chi connectivity index (χ0n) is 22.7. The van der Waals surface area contributed by atoms with Crippen LogP contribution in [0.25, 0.3) is 0 Å². The van der Waals surface area contributed by atoms with Crippen molar-refractivity contribution in [3.05, 3.63) is 23.3 Å². The van der Waals surface area contributed by atoms with Gasteiger partial charge in [0.2, 0.25) is 0 Å². The summed E-state index contributed by atoms with van der Waals surface area (Å²) in [5.74, 6) is 0.322. The van der Waals surface area contributed by atoms with Crippen LogP contribution in [0, 0.1) is 73.9 Å². The number of hydrogen-bond acceptors (Lipinski definition) is 4. The van der Waals surface area contributed by atoms with Gasteiger partial charge in [-0.2, -0.15) is 10.5 Å². The summed E-state index contributed by atoms with van der Waals surface area (Å²) in [5, 5.41) is 19.9. The Morgan fingerprint density at radius 1 is 0.914 bits per heavy atom. The molecule has 0 bridgehead atoms. The highest BCUT2D eigenvalue weighted by Gasteiger charge is 2.64. The van der Waals surface area contributed by atoms with Crippen LogP contribution in [0.5, 0.6) is 0 Å². The predicted molar refractivity (Wildman–Crippen MR) is 137 cm³/mol. The largest absolute Gasteiger partial charge is 0.295 e. The van der Waals surface area contributed by atoms with Crippen molar-refractivity contribution in [2.75, 3.05) is 0 Å². The van der Waals surface area contributed by atoms with Crippen molar-refractivity contribution in [2.45, 2.75) is 93.4 Å². The van der Waals surface area contributed by atoms with E-state index in [2.05, 4.69) is 39.8 Å². The highest BCUT2D eigenvalue weighted by Crippen LogP contribution is 2.69. The molecule has 0 aromatic carbocycles. The molecule has 3 saturated carbocycles. The lowest BCUT2D eigenvalue weighted by Crippen LogP contribution is -2.59. The van der Waals surface area contributed by atoms with Gasteiger partial charge >= 0.3 is 0 Å². The Kier molecular flexibility index (Phi) is 6.24. The second-order valence-electron chi connectivity index (χ2n) is 13.0. The van der Waals surface area contributed by atoms with Crippen molar-refractivity contribution in [2.24, 2.45) is 51.2 Å². The molecular formula is C31H42N2O2. The summed E-state index contributed by atoms with van der Waals surface area (Å²) < 4.78 is 0. The van der Waals surface area contributed by atoms with Crippen molar-refractivity contribution >= 4 is 11.6 Å². The lowest BCUT2D eigenvalue weighted by molar-refractivity contribution is -0.140. The average molecular weight is 475 g/mol. The minimum Gasteiger partial charge on any atom is -0.295 e. The number of nitrogens with zero attached hydrogens (tertiary/aromatic N) is 2. The van der Waals surface area contributed by atoms with E-state index in [-0.39, 0.29) is 63.0 Å². The summed E-state index contributed by atoms with van der Waals surface area (Å²) in [7, 11) is 0. The molecule has 5 rings (SSSR count). The first kappa shape index (κ1) is 25.9. The lowest BCUT2D eigenvalue weighted by Gasteiger charge is -2.63. The van der Waals surface area contributed by atoms with E-state index < -0.39 is 5.41 Å². The molecule has 0 heterocycles. The van der Waals surface area contributed by atoms with Crippen LogP contribution in [0.4, 0.5) is 0 Å². The number of rotatable bonds is 0. The predicted octanol–water partition coefficient (Wildman–Crippen LogP) is 6.98. The number of nitriles is 2. The number of hydrogen-bond donors (Lipinski definition) is 0. The highest BCUT2D eigenvalue weighted by atomic mass is 16.1. The zero-order chi connectivity index (χ0) is 26.0. The SMILES string of the molecule is CC.CC1C(=O)C(C#N)=CC2(C)C3=CC(=O)C4C5CC(C)(C)CCC5(C#N)CCC4C3(C)CCC12. The molecule has 5 aliphatic rings. The van der Waals surface area contributed by atoms with E-state index in [0.717, 1.165) is 50.5 Å². The van der Waals surface area contributed by atoms with Crippen LogP contribution < -0.4 is 0 Å². The third-order valence-corrected chi connectivity index (χ3v) is 10.9. The third-order valence-electron chi connectivity index (χ3n) is 10.9. The minimum absolute atomic E-state index is 0.0508. The van der Waals surface area contributed by atoms with Gasteiger partial charge in [0.15, 0.2) is 11.6 Å². The van der Waals surface area contributed by atoms with Crippen LogP contribution in [0.2, 0.25) is 0 Å². The van der Waals surface area contributed by atoms with Gasteiger partial charge in [0.1, 0.15) is 6.07 Å². The first-order valence-corrected chi connectivity index (χ1v) is 13.8. The molecule has 4 heteroatoms. The Labute approximate surface area is 211 Å². The highest BCUT2D eigenvalue weighted by molar-refractivity contribution is 6.02. The van der Waals surface area contributed by atoms with Crippen LogP contribution in [-0.4, -0.2) is 11.6 Å². The number of carbonyl (C=O) groups is 2. The summed E-state index contributed by atoms with van der Waals surface area (Å²) in [6, 6.07) is 4.86. The molecule has 0 aromatic heterocycles. The van der Waals surface area contributed by atoms with Crippen LogP contribution in [0.3, 0.4) is 0 Å². The van der Waals surface area contributed by atoms with Crippen molar-refractivity contribution < 1.29 is 9.59 Å². The monoisotopic (exact) mass is 474 g/mol. The maximum absolute atomic E-state index is 13.9. The Morgan fingerprint density at radius 3 is 2.20 bits per heavy atom. The summed E-state index contributed by atoms with van der Waals surface area (Å²) in [6.45, 7) is 15.0. The first-order valence-electron chi connectivity index (χ1n) is 13.8. The van der Waals surface area contributed by atoms with Crippen molar-refractivity contribution in [1.82, 2.24) is 0 Å². The van der Waals surface area contributed by atoms with E-state index in [1.165, 1.54) is 0 Å². The second kappa shape index (κ2) is 8.44. The van der Waals surface area contributed by atoms with Gasteiger partial charge in [0.25, 0.3) is 0 Å². The summed E-state index contributed by atoms with van der Waals surface area (Å²) in [4.78, 5) is 26.7. The van der Waals surface area contributed by atoms with Crippen LogP contribution in [-0.2, 0) is 9.59 Å². The fourth-order valence-electron chi connectivity index (χ4n) is 9.09. The van der Waals surface area contributed by atoms with Crippen LogP contribution in [0.15, 0.2) is 23.3 Å². The fourth-order valence-corrected chi connectivity index (χ4v) is 9.09. The number of fused-ring (bicyclic) bond motifs is 7. The van der Waals surface area contributed by atoms with Gasteiger partial charge in [-0.3, -0.25) is 9.59 Å². The normalized spacial score (nSPS) is 45.5. The zero-order valence-corrected chi connectivity index (χ0v) is 22.7. The molecule has 0 saturated heterocycles. The van der Waals surface area contributed by atoms with Gasteiger partial charge < -0.3 is 0 Å². The van der Waals surface area contributed by atoms with Gasteiger partial charge in [-0.05, 0) is 79.6 Å². The molecule has 5 aliphatic carbocycles. The molecule has 0 radical (unpaired) electrons. The molecule has 8 unspecified atom stereocenters. The maximum atomic E-state index is 13.9. The molecule has 0 N–H and O–H groups in total. The number of Topliss-reactive ketones (excluding diaryl/α,β-unsaturated/α-hetero) is 1. The van der Waals surface area contributed by atoms with E-state index in [0.29, 0.717) is 0 Å². The van der Waals surface area contributed by atoms with E-state index >= 15 is 0 Å². The van der Waals surface area contributed by atoms with E-state index in [4.69, 9.17) is 0 Å². The lowest BCUT2D eigenvalue weighted by atomic mass is 9.39. The minimum atomic E-state index is -0.443. The van der Waals surface area contributed by atoms with Gasteiger partial charge in [0.05, 0.1) is 17.1 Å². The molecule has 188 valence electrons. The summed E-state index contributed by atoms with van der Waals surface area (Å²) in [5.41, 5.74) is 0.609.